The zero-order chi connectivity index (χ0) is 19.7. The molecule has 1 heterocycles. The van der Waals surface area contributed by atoms with Crippen LogP contribution in [0.2, 0.25) is 0 Å². The van der Waals surface area contributed by atoms with E-state index in [2.05, 4.69) is 10.3 Å². The van der Waals surface area contributed by atoms with Gasteiger partial charge in [0.05, 0.1) is 11.3 Å². The van der Waals surface area contributed by atoms with Gasteiger partial charge in [0.25, 0.3) is 0 Å². The Bertz CT molecular complexity index is 1030. The molecule has 144 valence electrons. The number of aromatic nitrogens is 1. The molecule has 3 nitrogen and oxygen atoms in total. The number of rotatable bonds is 4. The molecule has 2 N–H and O–H groups in total. The van der Waals surface area contributed by atoms with Gasteiger partial charge in [0.1, 0.15) is 0 Å². The Morgan fingerprint density at radius 2 is 1.71 bits per heavy atom. The maximum absolute atomic E-state index is 12.6. The van der Waals surface area contributed by atoms with Crippen molar-refractivity contribution >= 4 is 34.6 Å². The molecule has 28 heavy (non-hydrogen) atoms. The lowest BCUT2D eigenvalue weighted by molar-refractivity contribution is -0.137. The number of anilines is 1. The number of amides is 1. The van der Waals surface area contributed by atoms with Crippen LogP contribution in [0, 0.1) is 5.92 Å². The van der Waals surface area contributed by atoms with Crippen LogP contribution in [0.25, 0.3) is 23.1 Å². The quantitative estimate of drug-likeness (QED) is 0.525. The smallest absolute Gasteiger partial charge is 0.359 e. The van der Waals surface area contributed by atoms with E-state index >= 15 is 0 Å². The van der Waals surface area contributed by atoms with Crippen molar-refractivity contribution in [3.8, 4) is 0 Å². The van der Waals surface area contributed by atoms with Gasteiger partial charge in [0, 0.05) is 23.0 Å². The standard InChI is InChI=1S/C22H19F3N2O/c23-22(24,25)17-9-6-14(7-10-17)4-5-15-8-11-19-18(12-15)20(13-26-19)27-21(28)16-2-1-3-16/h4-13,16,26H,1-3H2,(H,27,28)/b5-4+. The second kappa shape index (κ2) is 7.19. The van der Waals surface area contributed by atoms with Crippen molar-refractivity contribution in [2.45, 2.75) is 25.4 Å². The largest absolute Gasteiger partial charge is 0.416 e. The Hall–Kier alpha value is -3.02. The summed E-state index contributed by atoms with van der Waals surface area (Å²) in [5, 5.41) is 3.89. The molecule has 1 aliphatic carbocycles. The van der Waals surface area contributed by atoms with E-state index in [9.17, 15) is 18.0 Å². The van der Waals surface area contributed by atoms with Gasteiger partial charge < -0.3 is 10.3 Å². The van der Waals surface area contributed by atoms with Crippen LogP contribution in [-0.2, 0) is 11.0 Å². The molecule has 1 aliphatic rings. The van der Waals surface area contributed by atoms with E-state index in [4.69, 9.17) is 0 Å². The monoisotopic (exact) mass is 384 g/mol. The van der Waals surface area contributed by atoms with Crippen LogP contribution in [0.3, 0.4) is 0 Å². The highest BCUT2D eigenvalue weighted by Gasteiger charge is 2.29. The topological polar surface area (TPSA) is 44.9 Å². The molecule has 4 rings (SSSR count). The fraction of sp³-hybridized carbons (Fsp3) is 0.227. The first kappa shape index (κ1) is 18.3. The minimum Gasteiger partial charge on any atom is -0.359 e. The van der Waals surface area contributed by atoms with Gasteiger partial charge >= 0.3 is 6.18 Å². The van der Waals surface area contributed by atoms with Gasteiger partial charge in [-0.05, 0) is 48.2 Å². The molecule has 2 aromatic carbocycles. The van der Waals surface area contributed by atoms with Crippen LogP contribution >= 0.6 is 0 Å². The third-order valence-corrected chi connectivity index (χ3v) is 5.15. The first-order valence-electron chi connectivity index (χ1n) is 9.17. The van der Waals surface area contributed by atoms with Crippen LogP contribution in [0.15, 0.2) is 48.7 Å². The maximum atomic E-state index is 12.6. The normalized spacial score (nSPS) is 15.1. The highest BCUT2D eigenvalue weighted by molar-refractivity contribution is 6.03. The van der Waals surface area contributed by atoms with Gasteiger partial charge in [-0.25, -0.2) is 0 Å². The number of alkyl halides is 3. The van der Waals surface area contributed by atoms with Crippen molar-refractivity contribution in [2.75, 3.05) is 5.32 Å². The lowest BCUT2D eigenvalue weighted by Crippen LogP contribution is -2.27. The second-order valence-corrected chi connectivity index (χ2v) is 7.08. The summed E-state index contributed by atoms with van der Waals surface area (Å²) in [4.78, 5) is 15.4. The van der Waals surface area contributed by atoms with Crippen molar-refractivity contribution in [1.82, 2.24) is 4.98 Å². The molecule has 3 aromatic rings. The zero-order valence-electron chi connectivity index (χ0n) is 15.0. The lowest BCUT2D eigenvalue weighted by Gasteiger charge is -2.23. The van der Waals surface area contributed by atoms with Crippen LogP contribution < -0.4 is 5.32 Å². The second-order valence-electron chi connectivity index (χ2n) is 7.08. The summed E-state index contributed by atoms with van der Waals surface area (Å²) in [5.74, 6) is 0.158. The molecule has 0 radical (unpaired) electrons. The summed E-state index contributed by atoms with van der Waals surface area (Å²) < 4.78 is 37.9. The SMILES string of the molecule is O=C(Nc1c[nH]c2ccc(/C=C/c3ccc(C(F)(F)F)cc3)cc12)C1CCC1. The first-order chi connectivity index (χ1) is 13.4. The Balaban J connectivity index is 1.53. The van der Waals surface area contributed by atoms with Crippen LogP contribution in [0.1, 0.15) is 36.0 Å². The predicted molar refractivity (Wildman–Crippen MR) is 105 cm³/mol. The summed E-state index contributed by atoms with van der Waals surface area (Å²) >= 11 is 0. The van der Waals surface area contributed by atoms with E-state index < -0.39 is 11.7 Å². The number of hydrogen-bond acceptors (Lipinski definition) is 1. The molecule has 0 spiro atoms. The minimum atomic E-state index is -4.33. The predicted octanol–water partition coefficient (Wildman–Crippen LogP) is 6.10. The van der Waals surface area contributed by atoms with Gasteiger partial charge in [0.15, 0.2) is 0 Å². The third-order valence-electron chi connectivity index (χ3n) is 5.15. The first-order valence-corrected chi connectivity index (χ1v) is 9.17. The average Bonchev–Trinajstić information content (AvgIpc) is 3.00. The number of carbonyl (C=O) groups is 1. The number of aromatic amines is 1. The Morgan fingerprint density at radius 3 is 2.36 bits per heavy atom. The third kappa shape index (κ3) is 3.81. The van der Waals surface area contributed by atoms with Crippen molar-refractivity contribution in [3.05, 3.63) is 65.4 Å². The number of fused-ring (bicyclic) bond motifs is 1. The Morgan fingerprint density at radius 1 is 1.04 bits per heavy atom. The number of halogens is 3. The van der Waals surface area contributed by atoms with E-state index in [1.807, 2.05) is 24.3 Å². The van der Waals surface area contributed by atoms with Crippen molar-refractivity contribution in [1.29, 1.82) is 0 Å². The van der Waals surface area contributed by atoms with E-state index in [-0.39, 0.29) is 11.8 Å². The molecule has 1 saturated carbocycles. The van der Waals surface area contributed by atoms with Crippen molar-refractivity contribution < 1.29 is 18.0 Å². The number of benzene rings is 2. The molecule has 1 fully saturated rings. The maximum Gasteiger partial charge on any atom is 0.416 e. The zero-order valence-corrected chi connectivity index (χ0v) is 15.0. The van der Waals surface area contributed by atoms with Gasteiger partial charge in [-0.1, -0.05) is 36.8 Å². The fourth-order valence-electron chi connectivity index (χ4n) is 3.23. The molecule has 1 aromatic heterocycles. The lowest BCUT2D eigenvalue weighted by atomic mass is 9.85. The highest BCUT2D eigenvalue weighted by Crippen LogP contribution is 2.31. The van der Waals surface area contributed by atoms with Crippen molar-refractivity contribution in [2.24, 2.45) is 5.92 Å². The summed E-state index contributed by atoms with van der Waals surface area (Å²) in [6.45, 7) is 0. The molecule has 0 atom stereocenters. The van der Waals surface area contributed by atoms with E-state index in [0.29, 0.717) is 5.56 Å². The molecule has 0 aliphatic heterocycles. The molecular formula is C22H19F3N2O. The average molecular weight is 384 g/mol. The Kier molecular flexibility index (Phi) is 4.71. The van der Waals surface area contributed by atoms with Crippen LogP contribution in [0.4, 0.5) is 18.9 Å². The van der Waals surface area contributed by atoms with Gasteiger partial charge in [0.2, 0.25) is 5.91 Å². The van der Waals surface area contributed by atoms with Crippen LogP contribution in [0.5, 0.6) is 0 Å². The summed E-state index contributed by atoms with van der Waals surface area (Å²) in [6.07, 6.45) is 4.04. The molecular weight excluding hydrogens is 365 g/mol. The Labute approximate surface area is 160 Å². The van der Waals surface area contributed by atoms with E-state index in [1.54, 1.807) is 12.3 Å². The number of carbonyl (C=O) groups excluding carboxylic acids is 1. The molecule has 0 bridgehead atoms. The van der Waals surface area contributed by atoms with Crippen LogP contribution in [-0.4, -0.2) is 10.9 Å². The fourth-order valence-corrected chi connectivity index (χ4v) is 3.23. The van der Waals surface area contributed by atoms with Gasteiger partial charge in [-0.2, -0.15) is 13.2 Å². The molecule has 6 heteroatoms. The molecule has 0 unspecified atom stereocenters. The summed E-state index contributed by atoms with van der Waals surface area (Å²) in [7, 11) is 0. The van der Waals surface area contributed by atoms with Gasteiger partial charge in [-0.15, -0.1) is 0 Å². The highest BCUT2D eigenvalue weighted by atomic mass is 19.4. The summed E-state index contributed by atoms with van der Waals surface area (Å²) in [6, 6.07) is 10.8. The van der Waals surface area contributed by atoms with Gasteiger partial charge in [-0.3, -0.25) is 4.79 Å². The van der Waals surface area contributed by atoms with E-state index in [0.717, 1.165) is 53.5 Å². The molecule has 1 amide bonds. The van der Waals surface area contributed by atoms with Crippen molar-refractivity contribution in [3.63, 3.8) is 0 Å². The minimum absolute atomic E-state index is 0.0536. The summed E-state index contributed by atoms with van der Waals surface area (Å²) in [5.41, 5.74) is 2.57. The number of nitrogens with one attached hydrogen (secondary N) is 2. The number of hydrogen-bond donors (Lipinski definition) is 2. The van der Waals surface area contributed by atoms with E-state index in [1.165, 1.54) is 12.1 Å². The molecule has 0 saturated heterocycles. The number of H-pyrrole nitrogens is 1.